The molecule has 1 N–H and O–H groups in total. The number of aliphatic hydroxyl groups excluding tert-OH is 1. The van der Waals surface area contributed by atoms with Gasteiger partial charge in [0.25, 0.3) is 11.5 Å². The number of hydrogen-bond donors (Lipinski definition) is 1. The lowest BCUT2D eigenvalue weighted by molar-refractivity contribution is -0.384. The summed E-state index contributed by atoms with van der Waals surface area (Å²) in [4.78, 5) is 55.4. The Kier molecular flexibility index (Phi) is 8.29. The first-order chi connectivity index (χ1) is 19.0. The molecule has 0 radical (unpaired) electrons. The molecule has 2 heterocycles. The number of ether oxygens (including phenoxy) is 2. The van der Waals surface area contributed by atoms with Crippen molar-refractivity contribution in [1.29, 1.82) is 0 Å². The third-order valence-corrected chi connectivity index (χ3v) is 7.16. The molecule has 2 aromatic carbocycles. The second-order valence-corrected chi connectivity index (χ2v) is 10.4. The normalized spacial score (nSPS) is 16.4. The van der Waals surface area contributed by atoms with Gasteiger partial charge in [0.1, 0.15) is 16.4 Å². The largest absolute Gasteiger partial charge is 0.507 e. The molecular formula is C28H27N3O8S. The van der Waals surface area contributed by atoms with Gasteiger partial charge in [-0.1, -0.05) is 25.2 Å². The van der Waals surface area contributed by atoms with Crippen LogP contribution in [0.1, 0.15) is 53.3 Å². The number of benzene rings is 2. The summed E-state index contributed by atoms with van der Waals surface area (Å²) in [7, 11) is 0. The van der Waals surface area contributed by atoms with Crippen LogP contribution in [0, 0.1) is 23.0 Å². The number of nitrogens with zero attached hydrogens (tertiary/aromatic N) is 3. The van der Waals surface area contributed by atoms with Crippen molar-refractivity contribution in [2.45, 2.75) is 33.7 Å². The molecule has 12 heteroatoms. The van der Waals surface area contributed by atoms with E-state index in [1.54, 1.807) is 38.1 Å². The summed E-state index contributed by atoms with van der Waals surface area (Å²) in [5, 5.41) is 22.6. The van der Waals surface area contributed by atoms with Crippen LogP contribution < -0.4 is 9.64 Å². The fourth-order valence-corrected chi connectivity index (χ4v) is 5.11. The molecule has 40 heavy (non-hydrogen) atoms. The van der Waals surface area contributed by atoms with Crippen LogP contribution in [-0.2, 0) is 14.3 Å². The summed E-state index contributed by atoms with van der Waals surface area (Å²) in [6.07, 6.45) is 0. The lowest BCUT2D eigenvalue weighted by Crippen LogP contribution is -2.29. The number of thiazole rings is 1. The molecule has 1 aliphatic heterocycles. The Balaban J connectivity index is 1.83. The van der Waals surface area contributed by atoms with Crippen LogP contribution in [0.3, 0.4) is 0 Å². The van der Waals surface area contributed by atoms with E-state index in [1.807, 2.05) is 13.8 Å². The number of Topliss-reactive ketones (excluding diaryl/α,β-unsaturated/α-hetero) is 1. The highest BCUT2D eigenvalue weighted by Gasteiger charge is 2.48. The van der Waals surface area contributed by atoms with Crippen LogP contribution in [-0.4, -0.2) is 45.9 Å². The van der Waals surface area contributed by atoms with Crippen LogP contribution in [0.15, 0.2) is 54.1 Å². The summed E-state index contributed by atoms with van der Waals surface area (Å²) >= 11 is 0.875. The van der Waals surface area contributed by atoms with E-state index < -0.39 is 34.4 Å². The summed E-state index contributed by atoms with van der Waals surface area (Å²) in [6, 6.07) is 10.6. The Morgan fingerprint density at radius 3 is 2.38 bits per heavy atom. The Labute approximate surface area is 233 Å². The number of anilines is 1. The molecule has 1 saturated heterocycles. The first kappa shape index (κ1) is 28.4. The number of hydrogen-bond acceptors (Lipinski definition) is 10. The van der Waals surface area contributed by atoms with E-state index in [9.17, 15) is 29.6 Å². The SMILES string of the molecule is CCOC(=O)c1sc(N2C(=O)C(=O)/C(=C(/O)c3ccc(OCC(C)C)cc3)C2c2ccc([N+](=O)[O-])cc2)nc1C. The van der Waals surface area contributed by atoms with Gasteiger partial charge in [-0.3, -0.25) is 24.6 Å². The molecule has 3 aromatic rings. The highest BCUT2D eigenvalue weighted by Crippen LogP contribution is 2.44. The van der Waals surface area contributed by atoms with Crippen molar-refractivity contribution in [2.24, 2.45) is 5.92 Å². The number of nitro benzene ring substituents is 1. The van der Waals surface area contributed by atoms with E-state index in [0.29, 0.717) is 29.5 Å². The lowest BCUT2D eigenvalue weighted by atomic mass is 9.95. The average molecular weight is 566 g/mol. The predicted molar refractivity (Wildman–Crippen MR) is 147 cm³/mol. The zero-order valence-corrected chi connectivity index (χ0v) is 23.1. The number of carbonyl (C=O) groups is 3. The first-order valence-electron chi connectivity index (χ1n) is 12.5. The van der Waals surface area contributed by atoms with Gasteiger partial charge in [-0.25, -0.2) is 9.78 Å². The zero-order valence-electron chi connectivity index (χ0n) is 22.2. The Morgan fingerprint density at radius 1 is 1.15 bits per heavy atom. The smallest absolute Gasteiger partial charge is 0.350 e. The molecular weight excluding hydrogens is 538 g/mol. The number of rotatable bonds is 9. The molecule has 0 aliphatic carbocycles. The fourth-order valence-electron chi connectivity index (χ4n) is 4.12. The molecule has 1 unspecified atom stereocenters. The maximum absolute atomic E-state index is 13.4. The second kappa shape index (κ2) is 11.7. The van der Waals surface area contributed by atoms with Crippen molar-refractivity contribution in [3.63, 3.8) is 0 Å². The minimum absolute atomic E-state index is 0.0440. The van der Waals surface area contributed by atoms with Crippen molar-refractivity contribution in [3.05, 3.63) is 85.9 Å². The van der Waals surface area contributed by atoms with Crippen LogP contribution >= 0.6 is 11.3 Å². The maximum atomic E-state index is 13.4. The number of aromatic nitrogens is 1. The van der Waals surface area contributed by atoms with E-state index in [4.69, 9.17) is 9.47 Å². The zero-order chi connectivity index (χ0) is 29.1. The van der Waals surface area contributed by atoms with E-state index in [-0.39, 0.29) is 33.4 Å². The molecule has 0 bridgehead atoms. The van der Waals surface area contributed by atoms with Gasteiger partial charge in [0, 0.05) is 17.7 Å². The third-order valence-electron chi connectivity index (χ3n) is 6.03. The molecule has 1 aliphatic rings. The number of amides is 1. The number of non-ortho nitro benzene ring substituents is 1. The van der Waals surface area contributed by atoms with Crippen molar-refractivity contribution in [3.8, 4) is 5.75 Å². The molecule has 11 nitrogen and oxygen atoms in total. The van der Waals surface area contributed by atoms with Gasteiger partial charge >= 0.3 is 11.9 Å². The molecule has 0 spiro atoms. The molecule has 1 aromatic heterocycles. The summed E-state index contributed by atoms with van der Waals surface area (Å²) in [5.41, 5.74) is 0.491. The number of aryl methyl sites for hydroxylation is 1. The minimum Gasteiger partial charge on any atom is -0.507 e. The molecule has 1 amide bonds. The maximum Gasteiger partial charge on any atom is 0.350 e. The summed E-state index contributed by atoms with van der Waals surface area (Å²) in [5.74, 6) is -2.10. The standard InChI is InChI=1S/C28H27N3O8S/c1-5-38-27(35)25-16(4)29-28(40-25)30-22(17-6-10-19(11-7-17)31(36)37)21(24(33)26(30)34)23(32)18-8-12-20(13-9-18)39-14-15(2)3/h6-13,15,22,32H,5,14H2,1-4H3/b23-21+. The minimum atomic E-state index is -1.17. The molecule has 1 atom stereocenters. The number of carbonyl (C=O) groups excluding carboxylic acids is 3. The van der Waals surface area contributed by atoms with Crippen molar-refractivity contribution in [1.82, 2.24) is 4.98 Å². The van der Waals surface area contributed by atoms with Crippen molar-refractivity contribution >= 4 is 45.6 Å². The van der Waals surface area contributed by atoms with E-state index in [0.717, 1.165) is 16.2 Å². The average Bonchev–Trinajstić information content (AvgIpc) is 3.44. The van der Waals surface area contributed by atoms with Gasteiger partial charge in [0.2, 0.25) is 0 Å². The Morgan fingerprint density at radius 2 is 1.80 bits per heavy atom. The third kappa shape index (κ3) is 5.57. The number of esters is 1. The molecule has 1 fully saturated rings. The molecule has 4 rings (SSSR count). The Hall–Kier alpha value is -4.58. The highest BCUT2D eigenvalue weighted by molar-refractivity contribution is 7.17. The van der Waals surface area contributed by atoms with Gasteiger partial charge in [0.05, 0.1) is 35.4 Å². The number of ketones is 1. The second-order valence-electron chi connectivity index (χ2n) is 9.38. The van der Waals surface area contributed by atoms with Gasteiger partial charge in [-0.2, -0.15) is 0 Å². The number of nitro groups is 1. The quantitative estimate of drug-likeness (QED) is 0.0922. The van der Waals surface area contributed by atoms with Crippen LogP contribution in [0.25, 0.3) is 5.76 Å². The van der Waals surface area contributed by atoms with E-state index in [1.165, 1.54) is 24.3 Å². The van der Waals surface area contributed by atoms with Gasteiger partial charge in [-0.15, -0.1) is 0 Å². The van der Waals surface area contributed by atoms with E-state index in [2.05, 4.69) is 4.98 Å². The summed E-state index contributed by atoms with van der Waals surface area (Å²) < 4.78 is 10.8. The van der Waals surface area contributed by atoms with Crippen molar-refractivity contribution < 1.29 is 33.9 Å². The first-order valence-corrected chi connectivity index (χ1v) is 13.3. The van der Waals surface area contributed by atoms with Crippen LogP contribution in [0.2, 0.25) is 0 Å². The molecule has 208 valence electrons. The number of aliphatic hydroxyl groups is 1. The van der Waals surface area contributed by atoms with Crippen molar-refractivity contribution in [2.75, 3.05) is 18.1 Å². The highest BCUT2D eigenvalue weighted by atomic mass is 32.1. The fraction of sp³-hybridized carbons (Fsp3) is 0.286. The van der Waals surface area contributed by atoms with Gasteiger partial charge in [0.15, 0.2) is 5.13 Å². The molecule has 0 saturated carbocycles. The van der Waals surface area contributed by atoms with Gasteiger partial charge < -0.3 is 14.6 Å². The topological polar surface area (TPSA) is 149 Å². The monoisotopic (exact) mass is 565 g/mol. The van der Waals surface area contributed by atoms with Gasteiger partial charge in [-0.05, 0) is 61.7 Å². The van der Waals surface area contributed by atoms with E-state index >= 15 is 0 Å². The lowest BCUT2D eigenvalue weighted by Gasteiger charge is -2.23. The predicted octanol–water partition coefficient (Wildman–Crippen LogP) is 5.20. The van der Waals surface area contributed by atoms with Crippen LogP contribution in [0.5, 0.6) is 5.75 Å². The summed E-state index contributed by atoms with van der Waals surface area (Å²) in [6.45, 7) is 7.89. The Bertz CT molecular complexity index is 1490. The van der Waals surface area contributed by atoms with Crippen LogP contribution in [0.4, 0.5) is 10.8 Å².